The summed E-state index contributed by atoms with van der Waals surface area (Å²) >= 11 is 0. The SMILES string of the molecule is Cc1cc(Nc2cc(C(=O)Nc3ccccc3C(F)(F)F)ncn2)no1. The highest BCUT2D eigenvalue weighted by molar-refractivity contribution is 6.03. The number of halogens is 3. The summed E-state index contributed by atoms with van der Waals surface area (Å²) in [5.41, 5.74) is -1.41. The maximum Gasteiger partial charge on any atom is 0.418 e. The molecule has 0 saturated carbocycles. The van der Waals surface area contributed by atoms with E-state index in [1.54, 1.807) is 13.0 Å². The Morgan fingerprint density at radius 3 is 2.58 bits per heavy atom. The van der Waals surface area contributed by atoms with Crippen LogP contribution in [-0.4, -0.2) is 21.0 Å². The molecule has 0 bridgehead atoms. The van der Waals surface area contributed by atoms with E-state index in [0.717, 1.165) is 12.4 Å². The Morgan fingerprint density at radius 2 is 1.88 bits per heavy atom. The zero-order valence-corrected chi connectivity index (χ0v) is 13.3. The van der Waals surface area contributed by atoms with Crippen molar-refractivity contribution in [1.29, 1.82) is 0 Å². The van der Waals surface area contributed by atoms with Crippen molar-refractivity contribution in [1.82, 2.24) is 15.1 Å². The monoisotopic (exact) mass is 363 g/mol. The summed E-state index contributed by atoms with van der Waals surface area (Å²) < 4.78 is 43.9. The fraction of sp³-hybridized carbons (Fsp3) is 0.125. The smallest absolute Gasteiger partial charge is 0.360 e. The normalized spacial score (nSPS) is 11.2. The minimum absolute atomic E-state index is 0.111. The van der Waals surface area contributed by atoms with Gasteiger partial charge in [-0.2, -0.15) is 13.2 Å². The van der Waals surface area contributed by atoms with Gasteiger partial charge in [-0.05, 0) is 19.1 Å². The van der Waals surface area contributed by atoms with Crippen LogP contribution in [0.5, 0.6) is 0 Å². The number of nitrogens with one attached hydrogen (secondary N) is 2. The van der Waals surface area contributed by atoms with Crippen LogP contribution in [0.4, 0.5) is 30.5 Å². The van der Waals surface area contributed by atoms with Crippen molar-refractivity contribution < 1.29 is 22.5 Å². The highest BCUT2D eigenvalue weighted by Gasteiger charge is 2.33. The van der Waals surface area contributed by atoms with Gasteiger partial charge in [-0.1, -0.05) is 17.3 Å². The van der Waals surface area contributed by atoms with Gasteiger partial charge in [0.1, 0.15) is 23.6 Å². The standard InChI is InChI=1S/C16H12F3N5O2/c1-9-6-14(24-26-9)23-13-7-12(20-8-21-13)15(25)22-11-5-3-2-4-10(11)16(17,18)19/h2-8H,1H3,(H,22,25)(H,20,21,23,24). The number of para-hydroxylation sites is 1. The Kier molecular flexibility index (Phi) is 4.57. The topological polar surface area (TPSA) is 92.9 Å². The minimum atomic E-state index is -4.59. The molecular weight excluding hydrogens is 351 g/mol. The highest BCUT2D eigenvalue weighted by atomic mass is 19.4. The first-order chi connectivity index (χ1) is 12.3. The van der Waals surface area contributed by atoms with E-state index in [1.807, 2.05) is 0 Å². The lowest BCUT2D eigenvalue weighted by Gasteiger charge is -2.13. The van der Waals surface area contributed by atoms with Crippen LogP contribution in [-0.2, 0) is 6.18 Å². The quantitative estimate of drug-likeness (QED) is 0.733. The summed E-state index contributed by atoms with van der Waals surface area (Å²) in [6.45, 7) is 1.70. The van der Waals surface area contributed by atoms with E-state index in [-0.39, 0.29) is 17.2 Å². The Balaban J connectivity index is 1.80. The van der Waals surface area contributed by atoms with E-state index >= 15 is 0 Å². The van der Waals surface area contributed by atoms with Crippen LogP contribution >= 0.6 is 0 Å². The lowest BCUT2D eigenvalue weighted by Crippen LogP contribution is -2.18. The van der Waals surface area contributed by atoms with Crippen LogP contribution in [0, 0.1) is 6.92 Å². The van der Waals surface area contributed by atoms with Gasteiger partial charge in [-0.15, -0.1) is 0 Å². The molecule has 1 aromatic carbocycles. The van der Waals surface area contributed by atoms with E-state index < -0.39 is 17.6 Å². The van der Waals surface area contributed by atoms with Gasteiger partial charge in [-0.25, -0.2) is 9.97 Å². The predicted octanol–water partition coefficient (Wildman–Crippen LogP) is 3.79. The summed E-state index contributed by atoms with van der Waals surface area (Å²) in [5.74, 6) is 0.379. The van der Waals surface area contributed by atoms with Crippen LogP contribution in [0.3, 0.4) is 0 Å². The lowest BCUT2D eigenvalue weighted by molar-refractivity contribution is -0.136. The molecule has 2 N–H and O–H groups in total. The summed E-state index contributed by atoms with van der Waals surface area (Å²) in [5, 5.41) is 8.74. The fourth-order valence-electron chi connectivity index (χ4n) is 2.13. The number of alkyl halides is 3. The number of carbonyl (C=O) groups excluding carboxylic acids is 1. The molecule has 2 aromatic heterocycles. The number of nitrogens with zero attached hydrogens (tertiary/aromatic N) is 3. The number of hydrogen-bond donors (Lipinski definition) is 2. The minimum Gasteiger partial charge on any atom is -0.360 e. The molecule has 0 saturated heterocycles. The van der Waals surface area contributed by atoms with Gasteiger partial charge in [0.25, 0.3) is 5.91 Å². The van der Waals surface area contributed by atoms with Crippen molar-refractivity contribution in [3.63, 3.8) is 0 Å². The summed E-state index contributed by atoms with van der Waals surface area (Å²) in [6, 6.07) is 7.58. The molecule has 0 aliphatic carbocycles. The zero-order valence-electron chi connectivity index (χ0n) is 13.3. The van der Waals surface area contributed by atoms with E-state index in [1.165, 1.54) is 24.3 Å². The summed E-state index contributed by atoms with van der Waals surface area (Å²) in [4.78, 5) is 20.0. The molecule has 134 valence electrons. The molecule has 26 heavy (non-hydrogen) atoms. The van der Waals surface area contributed by atoms with Gasteiger partial charge in [0.15, 0.2) is 5.82 Å². The molecular formula is C16H12F3N5O2. The maximum atomic E-state index is 13.0. The highest BCUT2D eigenvalue weighted by Crippen LogP contribution is 2.34. The third kappa shape index (κ3) is 3.97. The van der Waals surface area contributed by atoms with Gasteiger partial charge in [0, 0.05) is 12.1 Å². The van der Waals surface area contributed by atoms with Crippen molar-refractivity contribution in [2.45, 2.75) is 13.1 Å². The zero-order chi connectivity index (χ0) is 18.7. The number of rotatable bonds is 4. The number of carbonyl (C=O) groups is 1. The number of benzene rings is 1. The second kappa shape index (κ2) is 6.82. The third-order valence-corrected chi connectivity index (χ3v) is 3.26. The van der Waals surface area contributed by atoms with E-state index in [0.29, 0.717) is 11.6 Å². The second-order valence-corrected chi connectivity index (χ2v) is 5.23. The molecule has 0 aliphatic rings. The van der Waals surface area contributed by atoms with Gasteiger partial charge < -0.3 is 15.2 Å². The van der Waals surface area contributed by atoms with Crippen LogP contribution in [0.25, 0.3) is 0 Å². The second-order valence-electron chi connectivity index (χ2n) is 5.23. The molecule has 0 spiro atoms. The first-order valence-corrected chi connectivity index (χ1v) is 7.33. The van der Waals surface area contributed by atoms with Crippen LogP contribution in [0.1, 0.15) is 21.8 Å². The first kappa shape index (κ1) is 17.4. The number of anilines is 3. The van der Waals surface area contributed by atoms with Crippen molar-refractivity contribution in [3.05, 3.63) is 59.7 Å². The van der Waals surface area contributed by atoms with Crippen molar-refractivity contribution in [3.8, 4) is 0 Å². The molecule has 0 radical (unpaired) electrons. The molecule has 0 fully saturated rings. The van der Waals surface area contributed by atoms with Gasteiger partial charge in [-0.3, -0.25) is 4.79 Å². The Morgan fingerprint density at radius 1 is 1.12 bits per heavy atom. The van der Waals surface area contributed by atoms with Crippen molar-refractivity contribution in [2.24, 2.45) is 0 Å². The number of aryl methyl sites for hydroxylation is 1. The molecule has 10 heteroatoms. The maximum absolute atomic E-state index is 13.0. The largest absolute Gasteiger partial charge is 0.418 e. The molecule has 0 aliphatic heterocycles. The number of aromatic nitrogens is 3. The third-order valence-electron chi connectivity index (χ3n) is 3.26. The Labute approximate surface area is 145 Å². The summed E-state index contributed by atoms with van der Waals surface area (Å²) in [7, 11) is 0. The number of hydrogen-bond acceptors (Lipinski definition) is 6. The molecule has 3 rings (SSSR count). The Hall–Kier alpha value is -3.43. The number of amides is 1. The van der Waals surface area contributed by atoms with Gasteiger partial charge >= 0.3 is 6.18 Å². The summed E-state index contributed by atoms with van der Waals surface area (Å²) in [6.07, 6.45) is -3.48. The molecule has 7 nitrogen and oxygen atoms in total. The van der Waals surface area contributed by atoms with E-state index in [4.69, 9.17) is 4.52 Å². The van der Waals surface area contributed by atoms with E-state index in [9.17, 15) is 18.0 Å². The average molecular weight is 363 g/mol. The lowest BCUT2D eigenvalue weighted by atomic mass is 10.1. The molecule has 1 amide bonds. The van der Waals surface area contributed by atoms with Crippen LogP contribution in [0.15, 0.2) is 47.2 Å². The Bertz CT molecular complexity index is 939. The van der Waals surface area contributed by atoms with E-state index in [2.05, 4.69) is 25.8 Å². The van der Waals surface area contributed by atoms with Crippen LogP contribution < -0.4 is 10.6 Å². The fourth-order valence-corrected chi connectivity index (χ4v) is 2.13. The molecule has 3 aromatic rings. The predicted molar refractivity (Wildman–Crippen MR) is 86.0 cm³/mol. The van der Waals surface area contributed by atoms with Gasteiger partial charge in [0.05, 0.1) is 11.3 Å². The van der Waals surface area contributed by atoms with Crippen molar-refractivity contribution in [2.75, 3.05) is 10.6 Å². The first-order valence-electron chi connectivity index (χ1n) is 7.33. The average Bonchev–Trinajstić information content (AvgIpc) is 2.99. The van der Waals surface area contributed by atoms with Gasteiger partial charge in [0.2, 0.25) is 0 Å². The van der Waals surface area contributed by atoms with Crippen molar-refractivity contribution >= 4 is 23.2 Å². The molecule has 2 heterocycles. The van der Waals surface area contributed by atoms with Crippen LogP contribution in [0.2, 0.25) is 0 Å². The molecule has 0 unspecified atom stereocenters. The molecule has 0 atom stereocenters.